The minimum absolute atomic E-state index is 0.956. The Morgan fingerprint density at radius 3 is 1.75 bits per heavy atom. The van der Waals surface area contributed by atoms with E-state index < -0.39 is 0 Å². The van der Waals surface area contributed by atoms with Crippen molar-refractivity contribution >= 4 is 9.42 Å². The Kier molecular flexibility index (Phi) is 5.16. The molecule has 0 spiro atoms. The molecule has 0 atom stereocenters. The number of hydrogen-bond acceptors (Lipinski definition) is 0. The monoisotopic (exact) mass is 467 g/mol. The zero-order chi connectivity index (χ0) is 14.5. The van der Waals surface area contributed by atoms with Crippen LogP contribution < -0.4 is 9.13 Å². The number of aromatic nitrogens is 4. The van der Waals surface area contributed by atoms with Crippen LogP contribution in [0, 0.1) is 18.7 Å². The van der Waals surface area contributed by atoms with Crippen LogP contribution in [0.1, 0.15) is 0 Å². The summed E-state index contributed by atoms with van der Waals surface area (Å²) in [7, 11) is 8.50. The molecule has 107 valence electrons. The predicted molar refractivity (Wildman–Crippen MR) is 69.8 cm³/mol. The van der Waals surface area contributed by atoms with Crippen molar-refractivity contribution in [3.05, 3.63) is 61.7 Å². The van der Waals surface area contributed by atoms with Crippen LogP contribution in [-0.2, 0) is 32.9 Å². The maximum absolute atomic E-state index is 4.61. The predicted octanol–water partition coefficient (Wildman–Crippen LogP) is 1.00. The Morgan fingerprint density at radius 2 is 1.40 bits per heavy atom. The van der Waals surface area contributed by atoms with Gasteiger partial charge in [0.15, 0.2) is 0 Å². The molecule has 3 rings (SSSR count). The molecule has 0 bridgehead atoms. The molecule has 0 unspecified atom stereocenters. The van der Waals surface area contributed by atoms with E-state index >= 15 is 0 Å². The Hall–Kier alpha value is -1.38. The average molecular weight is 468 g/mol. The van der Waals surface area contributed by atoms with Gasteiger partial charge < -0.3 is 18.3 Å². The molecule has 0 amide bonds. The molecule has 20 heavy (non-hydrogen) atoms. The van der Waals surface area contributed by atoms with Gasteiger partial charge in [-0.05, 0) is 0 Å². The first-order chi connectivity index (χ1) is 9.72. The van der Waals surface area contributed by atoms with Crippen molar-refractivity contribution in [3.63, 3.8) is 0 Å². The molecule has 0 aliphatic rings. The normalized spacial score (nSPS) is 10.1. The fraction of sp³-hybridized carbons (Fsp3) is 0.143. The van der Waals surface area contributed by atoms with E-state index in [-0.39, 0.29) is 0 Å². The molecule has 1 aromatic carbocycles. The number of hydrogen-bond donors (Lipinski definition) is 0. The van der Waals surface area contributed by atoms with Gasteiger partial charge in [-0.1, -0.05) is 11.4 Å². The van der Waals surface area contributed by atoms with Gasteiger partial charge in [-0.25, -0.2) is 0 Å². The number of imidazole rings is 2. The first-order valence-corrected chi connectivity index (χ1v) is 8.61. The number of aryl methyl sites for hydroxylation is 2. The van der Waals surface area contributed by atoms with E-state index in [1.54, 1.807) is 18.8 Å². The van der Waals surface area contributed by atoms with E-state index in [2.05, 4.69) is 28.1 Å². The van der Waals surface area contributed by atoms with Crippen LogP contribution in [-0.4, -0.2) is 9.13 Å². The maximum atomic E-state index is 4.61. The van der Waals surface area contributed by atoms with Crippen molar-refractivity contribution in [3.8, 4) is 11.4 Å². The molecule has 6 heteroatoms. The van der Waals surface area contributed by atoms with Crippen LogP contribution in [0.5, 0.6) is 0 Å². The molecule has 0 N–H and O–H groups in total. The quantitative estimate of drug-likeness (QED) is 0.395. The number of halogens is 1. The number of rotatable bonds is 2. The summed E-state index contributed by atoms with van der Waals surface area (Å²) in [4.78, 5) is 0. The Labute approximate surface area is 133 Å². The zero-order valence-electron chi connectivity index (χ0n) is 11.0. The topological polar surface area (TPSA) is 17.6 Å². The Balaban J connectivity index is 0.000000704. The first kappa shape index (κ1) is 15.0. The van der Waals surface area contributed by atoms with Crippen molar-refractivity contribution in [2.75, 3.05) is 0 Å². The standard InChI is InChI=1S/C14H13N4.ClH.Pt/c1-15-6-8-17(11-15)13-4-3-5-14(10-13)18-9-7-16(2)12-18;;/h3-9H,1-2H3;1H;/q-1;;+1/p-1. The minimum atomic E-state index is 0.956. The summed E-state index contributed by atoms with van der Waals surface area (Å²) in [5.74, 6) is 0. The number of nitrogens with zero attached hydrogens (tertiary/aromatic N) is 4. The molecule has 0 saturated heterocycles. The number of benzene rings is 1. The second-order valence-corrected chi connectivity index (χ2v) is 4.18. The molecule has 0 fully saturated rings. The molecule has 0 radical (unpaired) electrons. The van der Waals surface area contributed by atoms with Crippen molar-refractivity contribution in [1.29, 1.82) is 0 Å². The van der Waals surface area contributed by atoms with Gasteiger partial charge in [0.1, 0.15) is 0 Å². The van der Waals surface area contributed by atoms with E-state index in [0.717, 1.165) is 11.4 Å². The summed E-state index contributed by atoms with van der Waals surface area (Å²) in [6.45, 7) is 0. The van der Waals surface area contributed by atoms with Crippen LogP contribution in [0.3, 0.4) is 0 Å². The molecule has 0 saturated carbocycles. The summed E-state index contributed by atoms with van der Waals surface area (Å²) in [5, 5.41) is 0. The second kappa shape index (κ2) is 6.87. The van der Waals surface area contributed by atoms with Gasteiger partial charge >= 0.3 is 28.2 Å². The molecule has 4 nitrogen and oxygen atoms in total. The van der Waals surface area contributed by atoms with Gasteiger partial charge in [0.2, 0.25) is 12.7 Å². The Morgan fingerprint density at radius 1 is 0.950 bits per heavy atom. The van der Waals surface area contributed by atoms with Crippen LogP contribution in [0.25, 0.3) is 11.4 Å². The van der Waals surface area contributed by atoms with Crippen LogP contribution in [0.15, 0.2) is 43.0 Å². The molecular formula is C14H13ClN4Pt-. The second-order valence-electron chi connectivity index (χ2n) is 4.18. The zero-order valence-corrected chi connectivity index (χ0v) is 14.1. The van der Waals surface area contributed by atoms with Gasteiger partial charge in [0, 0.05) is 24.8 Å². The Bertz CT molecular complexity index is 634. The molecule has 2 aromatic heterocycles. The van der Waals surface area contributed by atoms with Crippen LogP contribution in [0.2, 0.25) is 0 Å². The summed E-state index contributed by atoms with van der Waals surface area (Å²) in [6.07, 6.45) is 14.1. The molecule has 2 heterocycles. The van der Waals surface area contributed by atoms with Gasteiger partial charge in [0.05, 0.1) is 14.1 Å². The van der Waals surface area contributed by atoms with Gasteiger partial charge in [-0.3, -0.25) is 0 Å². The van der Waals surface area contributed by atoms with Gasteiger partial charge in [-0.2, -0.15) is 24.3 Å². The fourth-order valence-electron chi connectivity index (χ4n) is 1.80. The summed E-state index contributed by atoms with van der Waals surface area (Å²) in [6, 6.07) is 9.35. The van der Waals surface area contributed by atoms with E-state index in [1.807, 2.05) is 75.4 Å². The molecule has 3 aromatic rings. The third-order valence-electron chi connectivity index (χ3n) is 2.69. The summed E-state index contributed by atoms with van der Waals surface area (Å²) < 4.78 is 7.57. The van der Waals surface area contributed by atoms with E-state index in [9.17, 15) is 0 Å². The summed E-state index contributed by atoms with van der Waals surface area (Å²) >= 11 is 1.61. The van der Waals surface area contributed by atoms with Crippen molar-refractivity contribution in [2.24, 2.45) is 14.1 Å². The van der Waals surface area contributed by atoms with E-state index in [4.69, 9.17) is 0 Å². The van der Waals surface area contributed by atoms with Gasteiger partial charge in [-0.15, -0.1) is 0 Å². The average Bonchev–Trinajstić information content (AvgIpc) is 3.10. The fourth-order valence-corrected chi connectivity index (χ4v) is 1.80. The summed E-state index contributed by atoms with van der Waals surface area (Å²) in [5.41, 5.74) is 1.91. The van der Waals surface area contributed by atoms with Crippen LogP contribution >= 0.6 is 9.42 Å². The van der Waals surface area contributed by atoms with E-state index in [0.29, 0.717) is 0 Å². The first-order valence-electron chi connectivity index (χ1n) is 5.80. The third kappa shape index (κ3) is 3.38. The van der Waals surface area contributed by atoms with Crippen molar-refractivity contribution in [1.82, 2.24) is 9.13 Å². The van der Waals surface area contributed by atoms with E-state index in [1.165, 1.54) is 0 Å². The molecule has 0 aliphatic heterocycles. The van der Waals surface area contributed by atoms with Crippen molar-refractivity contribution in [2.45, 2.75) is 0 Å². The SMILES string of the molecule is Cn1[c-][n+](-c2[c-]c(-[n+]3[c-]n(C)cc3)ccc2)cc1.[Cl][Pt]. The third-order valence-corrected chi connectivity index (χ3v) is 2.69. The molecule has 0 aliphatic carbocycles. The molecular weight excluding hydrogens is 455 g/mol. The van der Waals surface area contributed by atoms with Crippen LogP contribution in [0.4, 0.5) is 0 Å². The van der Waals surface area contributed by atoms with Gasteiger partial charge in [0.25, 0.3) is 0 Å². The van der Waals surface area contributed by atoms with Crippen molar-refractivity contribution < 1.29 is 27.9 Å².